The van der Waals surface area contributed by atoms with Crippen molar-refractivity contribution in [1.82, 2.24) is 9.63 Å². The van der Waals surface area contributed by atoms with E-state index in [2.05, 4.69) is 4.28 Å². The highest BCUT2D eigenvalue weighted by Gasteiger charge is 2.51. The molecule has 0 spiro atoms. The molecule has 0 radical (unpaired) electrons. The van der Waals surface area contributed by atoms with Crippen molar-refractivity contribution in [2.75, 3.05) is 0 Å². The second-order valence-electron chi connectivity index (χ2n) is 7.49. The first-order chi connectivity index (χ1) is 15.5. The number of aromatic nitrogens is 1. The molecular formula is C22H13F3N2O5S. The van der Waals surface area contributed by atoms with Crippen molar-refractivity contribution >= 4 is 43.6 Å². The van der Waals surface area contributed by atoms with Gasteiger partial charge in [-0.25, -0.2) is 0 Å². The number of fused-ring (bicyclic) bond motifs is 1. The van der Waals surface area contributed by atoms with E-state index in [0.717, 1.165) is 16.5 Å². The lowest BCUT2D eigenvalue weighted by Gasteiger charge is -2.26. The third-order valence-corrected chi connectivity index (χ3v) is 6.32. The minimum atomic E-state index is -6.23. The van der Waals surface area contributed by atoms with Crippen molar-refractivity contribution in [3.8, 4) is 5.69 Å². The zero-order valence-corrected chi connectivity index (χ0v) is 17.6. The number of carbonyl (C=O) groups excluding carboxylic acids is 2. The maximum absolute atomic E-state index is 12.8. The molecule has 2 amide bonds. The van der Waals surface area contributed by atoms with Gasteiger partial charge >= 0.3 is 15.6 Å². The van der Waals surface area contributed by atoms with Gasteiger partial charge in [0.2, 0.25) is 0 Å². The fourth-order valence-electron chi connectivity index (χ4n) is 3.95. The molecule has 0 N–H and O–H groups in total. The number of nitrogens with zero attached hydrogens (tertiary/aromatic N) is 2. The summed E-state index contributed by atoms with van der Waals surface area (Å²) >= 11 is 0. The van der Waals surface area contributed by atoms with Crippen LogP contribution in [0.15, 0.2) is 60.8 Å². The molecule has 7 nitrogen and oxygen atoms in total. The monoisotopic (exact) mass is 474 g/mol. The Morgan fingerprint density at radius 2 is 1.61 bits per heavy atom. The molecule has 1 aliphatic rings. The summed E-state index contributed by atoms with van der Waals surface area (Å²) in [6, 6.07) is 15.1. The Kier molecular flexibility index (Phi) is 4.42. The molecule has 0 fully saturated rings. The van der Waals surface area contributed by atoms with Crippen LogP contribution in [0, 0.1) is 6.92 Å². The largest absolute Gasteiger partial charge is 0.525 e. The van der Waals surface area contributed by atoms with Gasteiger partial charge in [0.15, 0.2) is 0 Å². The third-order valence-electron chi connectivity index (χ3n) is 5.41. The SMILES string of the molecule is Cc1ccc2c(ccn2-c2ccc3c4c(cccc24)C(=O)N(OS(=O)(=O)C(F)(F)F)C3=O)c1. The van der Waals surface area contributed by atoms with Gasteiger partial charge in [0.05, 0.1) is 22.3 Å². The Labute approximate surface area is 184 Å². The van der Waals surface area contributed by atoms with Crippen molar-refractivity contribution in [1.29, 1.82) is 0 Å². The Bertz CT molecular complexity index is 1580. The fourth-order valence-corrected chi connectivity index (χ4v) is 4.37. The van der Waals surface area contributed by atoms with Gasteiger partial charge in [0, 0.05) is 22.4 Å². The van der Waals surface area contributed by atoms with Gasteiger partial charge in [0.1, 0.15) is 0 Å². The Balaban J connectivity index is 1.69. The normalized spacial score (nSPS) is 14.5. The van der Waals surface area contributed by atoms with Crippen LogP contribution in [0.5, 0.6) is 0 Å². The lowest BCUT2D eigenvalue weighted by Crippen LogP contribution is -2.44. The number of alkyl halides is 3. The number of carbonyl (C=O) groups is 2. The maximum Gasteiger partial charge on any atom is 0.525 e. The van der Waals surface area contributed by atoms with Crippen molar-refractivity contribution in [2.45, 2.75) is 12.4 Å². The summed E-state index contributed by atoms with van der Waals surface area (Å²) < 4.78 is 66.9. The van der Waals surface area contributed by atoms with Gasteiger partial charge in [-0.3, -0.25) is 9.59 Å². The fraction of sp³-hybridized carbons (Fsp3) is 0.0909. The molecule has 0 unspecified atom stereocenters. The molecule has 3 aromatic carbocycles. The van der Waals surface area contributed by atoms with Crippen LogP contribution >= 0.6 is 0 Å². The Morgan fingerprint density at radius 1 is 0.909 bits per heavy atom. The number of halogens is 3. The molecule has 33 heavy (non-hydrogen) atoms. The maximum atomic E-state index is 12.8. The number of rotatable bonds is 3. The predicted octanol–water partition coefficient (Wildman–Crippen LogP) is 4.47. The summed E-state index contributed by atoms with van der Waals surface area (Å²) in [6.45, 7) is 1.96. The van der Waals surface area contributed by atoms with E-state index in [9.17, 15) is 31.2 Å². The van der Waals surface area contributed by atoms with Crippen LogP contribution in [0.3, 0.4) is 0 Å². The van der Waals surface area contributed by atoms with Crippen molar-refractivity contribution in [3.05, 3.63) is 77.5 Å². The summed E-state index contributed by atoms with van der Waals surface area (Å²) in [5, 5.41) is 1.29. The summed E-state index contributed by atoms with van der Waals surface area (Å²) in [7, 11) is -6.23. The van der Waals surface area contributed by atoms with Gasteiger partial charge in [-0.05, 0) is 43.3 Å². The summed E-state index contributed by atoms with van der Waals surface area (Å²) in [5.74, 6) is -2.62. The zero-order valence-electron chi connectivity index (χ0n) is 16.8. The van der Waals surface area contributed by atoms with E-state index in [0.29, 0.717) is 11.1 Å². The first-order valence-corrected chi connectivity index (χ1v) is 10.9. The van der Waals surface area contributed by atoms with Crippen LogP contribution < -0.4 is 0 Å². The number of imide groups is 1. The van der Waals surface area contributed by atoms with E-state index in [1.165, 1.54) is 18.2 Å². The van der Waals surface area contributed by atoms with Crippen molar-refractivity contribution in [2.24, 2.45) is 0 Å². The van der Waals surface area contributed by atoms with Gasteiger partial charge in [-0.15, -0.1) is 9.35 Å². The number of amides is 2. The summed E-state index contributed by atoms with van der Waals surface area (Å²) in [6.07, 6.45) is 1.83. The van der Waals surface area contributed by atoms with E-state index < -0.39 is 27.4 Å². The molecule has 2 heterocycles. The second-order valence-corrected chi connectivity index (χ2v) is 9.01. The number of hydrogen-bond donors (Lipinski definition) is 0. The zero-order chi connectivity index (χ0) is 23.7. The molecule has 5 rings (SSSR count). The van der Waals surface area contributed by atoms with Crippen LogP contribution in [0.2, 0.25) is 0 Å². The lowest BCUT2D eigenvalue weighted by molar-refractivity contribution is -0.0761. The van der Waals surface area contributed by atoms with E-state index in [1.54, 1.807) is 12.1 Å². The number of benzene rings is 3. The van der Waals surface area contributed by atoms with E-state index in [4.69, 9.17) is 0 Å². The highest BCUT2D eigenvalue weighted by Crippen LogP contribution is 2.36. The molecule has 0 atom stereocenters. The minimum Gasteiger partial charge on any atom is -0.316 e. The topological polar surface area (TPSA) is 85.7 Å². The second kappa shape index (κ2) is 6.90. The standard InChI is InChI=1S/C22H13F3N2O5S/c1-12-5-7-17-13(11-12)9-10-26(17)18-8-6-16-19-14(18)3-2-4-15(19)20(28)27(21(16)29)32-33(30,31)22(23,24)25/h2-11H,1H3. The minimum absolute atomic E-state index is 0.159. The van der Waals surface area contributed by atoms with E-state index in [1.807, 2.05) is 42.0 Å². The molecule has 0 bridgehead atoms. The molecule has 1 aromatic heterocycles. The Hall–Kier alpha value is -3.70. The predicted molar refractivity (Wildman–Crippen MR) is 112 cm³/mol. The van der Waals surface area contributed by atoms with E-state index in [-0.39, 0.29) is 21.6 Å². The smallest absolute Gasteiger partial charge is 0.316 e. The summed E-state index contributed by atoms with van der Waals surface area (Å²) in [4.78, 5) is 25.6. The molecule has 1 aliphatic heterocycles. The van der Waals surface area contributed by atoms with Crippen LogP contribution in [0.1, 0.15) is 26.3 Å². The first kappa shape index (κ1) is 21.2. The molecule has 0 saturated heterocycles. The molecule has 0 saturated carbocycles. The van der Waals surface area contributed by atoms with Gasteiger partial charge in [-0.2, -0.15) is 21.6 Å². The third kappa shape index (κ3) is 3.11. The van der Waals surface area contributed by atoms with Crippen LogP contribution in [-0.2, 0) is 14.4 Å². The highest BCUT2D eigenvalue weighted by molar-refractivity contribution is 7.87. The van der Waals surface area contributed by atoms with Crippen molar-refractivity contribution in [3.63, 3.8) is 0 Å². The van der Waals surface area contributed by atoms with Crippen LogP contribution in [-0.4, -0.2) is 35.4 Å². The first-order valence-electron chi connectivity index (χ1n) is 9.53. The van der Waals surface area contributed by atoms with Gasteiger partial charge in [-0.1, -0.05) is 23.8 Å². The molecule has 4 aromatic rings. The molecule has 0 aliphatic carbocycles. The Morgan fingerprint density at radius 3 is 2.30 bits per heavy atom. The quantitative estimate of drug-likeness (QED) is 0.323. The molecule has 168 valence electrons. The number of hydrogen-bond acceptors (Lipinski definition) is 5. The van der Waals surface area contributed by atoms with Crippen LogP contribution in [0.25, 0.3) is 27.4 Å². The molecule has 11 heteroatoms. The average molecular weight is 474 g/mol. The molecular weight excluding hydrogens is 461 g/mol. The number of hydroxylamine groups is 2. The lowest BCUT2D eigenvalue weighted by atomic mass is 9.94. The average Bonchev–Trinajstić information content (AvgIpc) is 3.16. The van der Waals surface area contributed by atoms with Gasteiger partial charge < -0.3 is 4.57 Å². The van der Waals surface area contributed by atoms with E-state index >= 15 is 0 Å². The van der Waals surface area contributed by atoms with Crippen LogP contribution in [0.4, 0.5) is 13.2 Å². The summed E-state index contributed by atoms with van der Waals surface area (Å²) in [5.41, 5.74) is -3.55. The van der Waals surface area contributed by atoms with Gasteiger partial charge in [0.25, 0.3) is 11.8 Å². The highest BCUT2D eigenvalue weighted by atomic mass is 32.2. The number of aryl methyl sites for hydroxylation is 1. The van der Waals surface area contributed by atoms with Crippen molar-refractivity contribution < 1.29 is 35.5 Å².